The number of benzene rings is 1. The molecule has 2 saturated heterocycles. The molecule has 1 aromatic rings. The largest absolute Gasteiger partial charge is 0.488 e. The number of carbonyl (C=O) groups is 13. The molecule has 2 aliphatic heterocycles. The van der Waals surface area contributed by atoms with E-state index in [2.05, 4.69) is 52.6 Å². The van der Waals surface area contributed by atoms with Gasteiger partial charge in [-0.05, 0) is 55.2 Å². The molecule has 0 unspecified atom stereocenters. The van der Waals surface area contributed by atoms with Crippen molar-refractivity contribution in [2.24, 2.45) is 35.0 Å². The number of carbonyl (C=O) groups excluding carboxylic acids is 12. The lowest BCUT2D eigenvalue weighted by Crippen LogP contribution is -2.59. The molecule has 2 fully saturated rings. The highest BCUT2D eigenvalue weighted by atomic mass is 33.1. The zero-order valence-corrected chi connectivity index (χ0v) is 49.1. The summed E-state index contributed by atoms with van der Waals surface area (Å²) in [6.07, 6.45) is 2.99. The summed E-state index contributed by atoms with van der Waals surface area (Å²) in [5.74, 6) is -13.3. The molecule has 33 heteroatoms. The van der Waals surface area contributed by atoms with E-state index in [0.717, 1.165) is 38.6 Å². The van der Waals surface area contributed by atoms with Crippen molar-refractivity contribution in [3.05, 3.63) is 29.8 Å². The van der Waals surface area contributed by atoms with Gasteiger partial charge in [-0.25, -0.2) is 0 Å². The van der Waals surface area contributed by atoms with Gasteiger partial charge in [-0.1, -0.05) is 71.7 Å². The summed E-state index contributed by atoms with van der Waals surface area (Å²) in [4.78, 5) is 175. The summed E-state index contributed by atoms with van der Waals surface area (Å²) in [5, 5.41) is 28.5. The first-order valence-corrected chi connectivity index (χ1v) is 30.4. The van der Waals surface area contributed by atoms with Crippen LogP contribution in [-0.4, -0.2) is 175 Å². The summed E-state index contributed by atoms with van der Waals surface area (Å²) in [5.41, 5.74) is 17.6. The molecule has 15 N–H and O–H groups in total. The maximum absolute atomic E-state index is 14.7. The maximum atomic E-state index is 14.7. The van der Waals surface area contributed by atoms with Crippen LogP contribution in [0, 0.1) is 30.1 Å². The number of nitrogens with two attached hydrogens (primary N) is 3. The number of nitrogens with zero attached hydrogens (tertiary/aromatic N) is 1. The van der Waals surface area contributed by atoms with Crippen LogP contribution in [0.4, 0.5) is 3.89 Å². The number of terminal acetylenes is 1. The molecule has 0 spiro atoms. The minimum Gasteiger partial charge on any atom is -0.480 e. The molecule has 2 aliphatic rings. The molecule has 1 aromatic carbocycles. The zero-order valence-electron chi connectivity index (χ0n) is 46.6. The number of halogens is 1. The van der Waals surface area contributed by atoms with Crippen molar-refractivity contribution in [2.45, 2.75) is 140 Å². The Morgan fingerprint density at radius 3 is 2.06 bits per heavy atom. The molecule has 10 atom stereocenters. The molecule has 84 heavy (non-hydrogen) atoms. The normalized spacial score (nSPS) is 22.4. The molecular formula is C51H73FN12O17S3. The molecule has 0 bridgehead atoms. The lowest BCUT2D eigenvalue weighted by atomic mass is 9.87. The average Bonchev–Trinajstić information content (AvgIpc) is 3.89. The minimum atomic E-state index is -5.39. The van der Waals surface area contributed by atoms with Gasteiger partial charge in [0.05, 0.1) is 25.0 Å². The van der Waals surface area contributed by atoms with Crippen LogP contribution < -0.4 is 63.9 Å². The highest BCUT2D eigenvalue weighted by Crippen LogP contribution is 2.27. The van der Waals surface area contributed by atoms with E-state index >= 15 is 0 Å². The van der Waals surface area contributed by atoms with Gasteiger partial charge in [0, 0.05) is 49.7 Å². The molecule has 11 amide bonds. The first-order chi connectivity index (χ1) is 39.4. The van der Waals surface area contributed by atoms with Crippen molar-refractivity contribution < 1.29 is 83.9 Å². The number of carboxylic acids is 1. The van der Waals surface area contributed by atoms with Crippen LogP contribution in [0.15, 0.2) is 24.3 Å². The number of carboxylic acid groups (broad SMARTS) is 1. The fourth-order valence-electron chi connectivity index (χ4n) is 8.64. The van der Waals surface area contributed by atoms with Crippen LogP contribution in [0.3, 0.4) is 0 Å². The third-order valence-corrected chi connectivity index (χ3v) is 16.0. The summed E-state index contributed by atoms with van der Waals surface area (Å²) in [6, 6.07) is -6.70. The van der Waals surface area contributed by atoms with E-state index in [0.29, 0.717) is 5.56 Å². The number of ketones is 1. The molecule has 0 radical (unpaired) electrons. The van der Waals surface area contributed by atoms with E-state index in [1.54, 1.807) is 27.7 Å². The maximum Gasteiger partial charge on any atom is 0.488 e. The average molecular weight is 1240 g/mol. The summed E-state index contributed by atoms with van der Waals surface area (Å²) in [6.45, 7) is 5.30. The number of rotatable bonds is 24. The lowest BCUT2D eigenvalue weighted by Gasteiger charge is -2.31. The Morgan fingerprint density at radius 2 is 1.46 bits per heavy atom. The molecule has 29 nitrogen and oxygen atoms in total. The van der Waals surface area contributed by atoms with Crippen LogP contribution >= 0.6 is 21.6 Å². The number of Topliss-reactive ketones (excluding diaryl/α,β-unsaturated/α-hetero) is 1. The van der Waals surface area contributed by atoms with Crippen LogP contribution in [-0.2, 0) is 79.3 Å². The van der Waals surface area contributed by atoms with Crippen LogP contribution in [0.5, 0.6) is 5.75 Å². The lowest BCUT2D eigenvalue weighted by molar-refractivity contribution is -0.142. The van der Waals surface area contributed by atoms with Crippen molar-refractivity contribution in [1.82, 2.24) is 47.4 Å². The van der Waals surface area contributed by atoms with Crippen molar-refractivity contribution in [3.63, 3.8) is 0 Å². The minimum absolute atomic E-state index is 0.0306. The van der Waals surface area contributed by atoms with E-state index < -0.39 is 186 Å². The highest BCUT2D eigenvalue weighted by molar-refractivity contribution is 8.76. The predicted molar refractivity (Wildman–Crippen MR) is 301 cm³/mol. The molecule has 2 heterocycles. The zero-order chi connectivity index (χ0) is 63.0. The number of likely N-dealkylation sites (tertiary alicyclic amines) is 1. The number of hydrogen-bond acceptors (Lipinski definition) is 19. The summed E-state index contributed by atoms with van der Waals surface area (Å²) in [7, 11) is -3.52. The number of nitrogens with one attached hydrogen (secondary N) is 8. The first kappa shape index (κ1) is 70.7. The second kappa shape index (κ2) is 34.3. The SMILES string of the molecule is C#CC[C@H](NC(=O)CNC(=O)[C@H](CC(C)C)NC(=O)[C@@H]1CCCN1C(=O)[C@@H]1CSSC[C@H](N)C(=O)N[C@@H](Cc2ccc(OS(=O)(=O)F)cc2)C(=O)N[C@@H]([C@@H](C)CC)C(=O)C[C@@H](CCC(N)=O)C(=O)N[C@@H](CC(N)=O)C(=O)N1)C(=O)NCC(=O)O. The van der Waals surface area contributed by atoms with Gasteiger partial charge in [0.25, 0.3) is 0 Å². The van der Waals surface area contributed by atoms with E-state index in [1.165, 1.54) is 12.1 Å². The van der Waals surface area contributed by atoms with Gasteiger partial charge in [-0.15, -0.1) is 12.3 Å². The molecule has 464 valence electrons. The van der Waals surface area contributed by atoms with Gasteiger partial charge < -0.3 is 73.9 Å². The molecule has 0 aliphatic carbocycles. The smallest absolute Gasteiger partial charge is 0.480 e. The highest BCUT2D eigenvalue weighted by Gasteiger charge is 2.41. The Balaban J connectivity index is 2.01. The van der Waals surface area contributed by atoms with Crippen molar-refractivity contribution in [3.8, 4) is 18.1 Å². The fraction of sp³-hybridized carbons (Fsp3) is 0.588. The van der Waals surface area contributed by atoms with Crippen molar-refractivity contribution in [2.75, 3.05) is 31.1 Å². The molecule has 3 rings (SSSR count). The fourth-order valence-corrected chi connectivity index (χ4v) is 11.3. The number of aliphatic carboxylic acids is 1. The second-order valence-corrected chi connectivity index (χ2v) is 23.8. The van der Waals surface area contributed by atoms with Crippen molar-refractivity contribution in [1.29, 1.82) is 0 Å². The number of hydrogen-bond donors (Lipinski definition) is 12. The van der Waals surface area contributed by atoms with E-state index in [1.807, 2.05) is 0 Å². The van der Waals surface area contributed by atoms with Crippen LogP contribution in [0.1, 0.15) is 91.0 Å². The van der Waals surface area contributed by atoms with Gasteiger partial charge in [-0.3, -0.25) is 62.3 Å². The molecule has 0 saturated carbocycles. The molecule has 0 aromatic heterocycles. The Labute approximate surface area is 492 Å². The topological polar surface area (TPSA) is 463 Å². The number of amides is 11. The van der Waals surface area contributed by atoms with Gasteiger partial charge in [0.2, 0.25) is 65.0 Å². The Bertz CT molecular complexity index is 2750. The molecular weight excluding hydrogens is 1170 g/mol. The summed E-state index contributed by atoms with van der Waals surface area (Å²) < 4.78 is 39.7. The summed E-state index contributed by atoms with van der Waals surface area (Å²) >= 11 is 0. The van der Waals surface area contributed by atoms with Crippen LogP contribution in [0.2, 0.25) is 0 Å². The quantitative estimate of drug-likeness (QED) is 0.0273. The Morgan fingerprint density at radius 1 is 0.845 bits per heavy atom. The van der Waals surface area contributed by atoms with Gasteiger partial charge in [-0.2, -0.15) is 8.42 Å². The van der Waals surface area contributed by atoms with Gasteiger partial charge in [0.15, 0.2) is 5.78 Å². The van der Waals surface area contributed by atoms with Crippen molar-refractivity contribution >= 4 is 109 Å². The van der Waals surface area contributed by atoms with Crippen LogP contribution in [0.25, 0.3) is 0 Å². The van der Waals surface area contributed by atoms with Gasteiger partial charge >= 0.3 is 16.5 Å². The monoisotopic (exact) mass is 1240 g/mol. The standard InChI is InChI=1S/C51H73FN12O17S3/c1-6-9-32(46(73)57-23-42(69)70)58-41(68)22-56-47(74)33(18-26(3)4)61-50(77)37-10-8-17-64(37)51(78)36-25-83-82-24-31(53)45(72)60-34(19-28-11-14-30(15-12-28)81-84(52,79)80)49(76)63-43(27(5)7-2)38(65)20-29(13-16-39(54)66)44(71)59-35(21-40(55)67)48(75)62-36/h1,11-12,14-15,26-27,29,31-37,43H,7-10,13,16-25,53H2,2-5H3,(H2,54,66)(H2,55,67)(H,56,74)(H,57,73)(H,58,68)(H,59,71)(H,60,72)(H,61,77)(H,62,75)(H,63,76)(H,69,70)/t27-,29+,31-,32-,33-,34-,35-,36-,37-,43-/m0/s1. The van der Waals surface area contributed by atoms with E-state index in [4.69, 9.17) is 28.7 Å². The predicted octanol–water partition coefficient (Wildman–Crippen LogP) is -3.41. The first-order valence-electron chi connectivity index (χ1n) is 26.6. The van der Waals surface area contributed by atoms with E-state index in [9.17, 15) is 74.6 Å². The van der Waals surface area contributed by atoms with Gasteiger partial charge in [0.1, 0.15) is 48.5 Å². The third-order valence-electron chi connectivity index (χ3n) is 13.2. The van der Waals surface area contributed by atoms with E-state index in [-0.39, 0.29) is 68.9 Å². The Kier molecular flexibility index (Phi) is 28.8. The third kappa shape index (κ3) is 24.3. The number of primary amides is 2. The Hall–Kier alpha value is -7.57. The second-order valence-electron chi connectivity index (χ2n) is 20.3.